The average Bonchev–Trinajstić information content (AvgIpc) is 2.64. The lowest BCUT2D eigenvalue weighted by atomic mass is 9.97. The summed E-state index contributed by atoms with van der Waals surface area (Å²) in [5, 5.41) is 12.1. The van der Waals surface area contributed by atoms with E-state index in [1.165, 1.54) is 0 Å². The lowest BCUT2D eigenvalue weighted by Gasteiger charge is -2.36. The van der Waals surface area contributed by atoms with Crippen molar-refractivity contribution < 1.29 is 19.4 Å². The Hall–Kier alpha value is -2.44. The maximum absolute atomic E-state index is 12.4. The van der Waals surface area contributed by atoms with Gasteiger partial charge in [-0.05, 0) is 24.5 Å². The van der Waals surface area contributed by atoms with Gasteiger partial charge in [0.2, 0.25) is 0 Å². The van der Waals surface area contributed by atoms with Gasteiger partial charge in [-0.25, -0.2) is 4.79 Å². The first-order valence-corrected chi connectivity index (χ1v) is 9.06. The van der Waals surface area contributed by atoms with Crippen LogP contribution in [0.1, 0.15) is 20.3 Å². The number of urea groups is 1. The number of amides is 2. The first-order valence-electron chi connectivity index (χ1n) is 9.06. The van der Waals surface area contributed by atoms with E-state index in [-0.39, 0.29) is 18.5 Å². The predicted molar refractivity (Wildman–Crippen MR) is 101 cm³/mol. The Morgan fingerprint density at radius 1 is 1.19 bits per heavy atom. The third-order valence-corrected chi connectivity index (χ3v) is 4.60. The van der Waals surface area contributed by atoms with Crippen LogP contribution in [0.4, 0.5) is 10.5 Å². The monoisotopic (exact) mass is 363 g/mol. The number of carboxylic acids is 1. The van der Waals surface area contributed by atoms with Crippen LogP contribution in [0.15, 0.2) is 24.3 Å². The highest BCUT2D eigenvalue weighted by Gasteiger charge is 2.25. The van der Waals surface area contributed by atoms with Crippen molar-refractivity contribution in [3.63, 3.8) is 0 Å². The second-order valence-corrected chi connectivity index (χ2v) is 7.00. The molecule has 1 saturated heterocycles. The zero-order chi connectivity index (χ0) is 19.1. The van der Waals surface area contributed by atoms with E-state index in [1.807, 2.05) is 38.1 Å². The molecule has 0 saturated carbocycles. The molecule has 0 spiro atoms. The van der Waals surface area contributed by atoms with Crippen molar-refractivity contribution in [2.24, 2.45) is 11.8 Å². The highest BCUT2D eigenvalue weighted by atomic mass is 16.5. The fourth-order valence-corrected chi connectivity index (χ4v) is 3.20. The number of piperazine rings is 1. The quantitative estimate of drug-likeness (QED) is 0.777. The summed E-state index contributed by atoms with van der Waals surface area (Å²) in [6.45, 7) is 6.73. The summed E-state index contributed by atoms with van der Waals surface area (Å²) < 4.78 is 5.40. The van der Waals surface area contributed by atoms with Gasteiger partial charge in [-0.1, -0.05) is 26.0 Å². The number of rotatable bonds is 7. The molecule has 1 aliphatic rings. The van der Waals surface area contributed by atoms with Gasteiger partial charge < -0.3 is 25.0 Å². The Morgan fingerprint density at radius 2 is 1.85 bits per heavy atom. The number of hydrogen-bond acceptors (Lipinski definition) is 4. The summed E-state index contributed by atoms with van der Waals surface area (Å²) in [6.07, 6.45) is 0.553. The number of hydrogen-bond donors (Lipinski definition) is 2. The molecule has 1 aromatic carbocycles. The van der Waals surface area contributed by atoms with Crippen LogP contribution in [0.5, 0.6) is 5.75 Å². The van der Waals surface area contributed by atoms with E-state index in [0.29, 0.717) is 32.6 Å². The molecule has 1 aromatic rings. The molecule has 1 fully saturated rings. The molecule has 0 aromatic heterocycles. The fraction of sp³-hybridized carbons (Fsp3) is 0.579. The van der Waals surface area contributed by atoms with Crippen LogP contribution in [0.25, 0.3) is 0 Å². The number of nitrogens with zero attached hydrogens (tertiary/aromatic N) is 2. The zero-order valence-corrected chi connectivity index (χ0v) is 15.8. The standard InChI is InChI=1S/C19H29N3O4/c1-14(2)12-15(18(23)24)13-20-19(25)22-10-8-21(9-11-22)16-6-4-5-7-17(16)26-3/h4-7,14-15H,8-13H2,1-3H3,(H,20,25)(H,23,24). The van der Waals surface area contributed by atoms with Crippen LogP contribution in [0.2, 0.25) is 0 Å². The van der Waals surface area contributed by atoms with Crippen LogP contribution in [0, 0.1) is 11.8 Å². The first-order chi connectivity index (χ1) is 12.4. The number of methoxy groups -OCH3 is 1. The van der Waals surface area contributed by atoms with E-state index in [2.05, 4.69) is 10.2 Å². The molecule has 2 rings (SSSR count). The van der Waals surface area contributed by atoms with E-state index >= 15 is 0 Å². The zero-order valence-electron chi connectivity index (χ0n) is 15.8. The summed E-state index contributed by atoms with van der Waals surface area (Å²) in [4.78, 5) is 27.6. The minimum atomic E-state index is -0.861. The van der Waals surface area contributed by atoms with Gasteiger partial charge in [0.05, 0.1) is 18.7 Å². The van der Waals surface area contributed by atoms with Gasteiger partial charge in [-0.15, -0.1) is 0 Å². The molecule has 7 nitrogen and oxygen atoms in total. The molecule has 0 aliphatic carbocycles. The smallest absolute Gasteiger partial charge is 0.317 e. The number of carbonyl (C=O) groups excluding carboxylic acids is 1. The number of benzene rings is 1. The molecule has 1 aliphatic heterocycles. The third kappa shape index (κ3) is 5.28. The van der Waals surface area contributed by atoms with Crippen molar-refractivity contribution in [2.75, 3.05) is 44.7 Å². The second-order valence-electron chi connectivity index (χ2n) is 7.00. The van der Waals surface area contributed by atoms with Crippen molar-refractivity contribution in [3.8, 4) is 5.75 Å². The molecule has 7 heteroatoms. The van der Waals surface area contributed by atoms with Gasteiger partial charge in [0, 0.05) is 32.7 Å². The van der Waals surface area contributed by atoms with E-state index in [9.17, 15) is 14.7 Å². The molecule has 0 radical (unpaired) electrons. The normalized spacial score (nSPS) is 15.7. The first kappa shape index (κ1) is 19.9. The van der Waals surface area contributed by atoms with Crippen LogP contribution in [-0.4, -0.2) is 61.8 Å². The molecule has 2 N–H and O–H groups in total. The summed E-state index contributed by atoms with van der Waals surface area (Å²) in [5.41, 5.74) is 1.03. The number of anilines is 1. The molecular weight excluding hydrogens is 334 g/mol. The molecule has 144 valence electrons. The van der Waals surface area contributed by atoms with Crippen molar-refractivity contribution in [1.82, 2.24) is 10.2 Å². The summed E-state index contributed by atoms with van der Waals surface area (Å²) >= 11 is 0. The summed E-state index contributed by atoms with van der Waals surface area (Å²) in [5.74, 6) is -0.311. The number of nitrogens with one attached hydrogen (secondary N) is 1. The van der Waals surface area contributed by atoms with Gasteiger partial charge in [0.25, 0.3) is 0 Å². The SMILES string of the molecule is COc1ccccc1N1CCN(C(=O)NCC(CC(C)C)C(=O)O)CC1. The van der Waals surface area contributed by atoms with Gasteiger partial charge in [-0.2, -0.15) is 0 Å². The molecule has 26 heavy (non-hydrogen) atoms. The number of aliphatic carboxylic acids is 1. The van der Waals surface area contributed by atoms with Gasteiger partial charge in [0.15, 0.2) is 0 Å². The molecule has 0 bridgehead atoms. The Bertz CT molecular complexity index is 613. The minimum Gasteiger partial charge on any atom is -0.495 e. The fourth-order valence-electron chi connectivity index (χ4n) is 3.20. The maximum atomic E-state index is 12.4. The Morgan fingerprint density at radius 3 is 2.42 bits per heavy atom. The molecule has 1 heterocycles. The summed E-state index contributed by atoms with van der Waals surface area (Å²) in [6, 6.07) is 7.65. The minimum absolute atomic E-state index is 0.166. The molecule has 1 atom stereocenters. The largest absolute Gasteiger partial charge is 0.495 e. The van der Waals surface area contributed by atoms with Gasteiger partial charge >= 0.3 is 12.0 Å². The highest BCUT2D eigenvalue weighted by Crippen LogP contribution is 2.28. The van der Waals surface area contributed by atoms with E-state index in [0.717, 1.165) is 11.4 Å². The highest BCUT2D eigenvalue weighted by molar-refractivity contribution is 5.76. The van der Waals surface area contributed by atoms with Gasteiger partial charge in [-0.3, -0.25) is 4.79 Å². The topological polar surface area (TPSA) is 82.1 Å². The average molecular weight is 363 g/mol. The number of ether oxygens (including phenoxy) is 1. The third-order valence-electron chi connectivity index (χ3n) is 4.60. The second kappa shape index (κ2) is 9.31. The lowest BCUT2D eigenvalue weighted by Crippen LogP contribution is -2.52. The number of para-hydroxylation sites is 2. The van der Waals surface area contributed by atoms with Crippen LogP contribution < -0.4 is 15.0 Å². The number of carboxylic acid groups (broad SMARTS) is 1. The predicted octanol–water partition coefficient (Wildman–Crippen LogP) is 2.27. The Balaban J connectivity index is 1.85. The maximum Gasteiger partial charge on any atom is 0.317 e. The van der Waals surface area contributed by atoms with Crippen molar-refractivity contribution >= 4 is 17.7 Å². The van der Waals surface area contributed by atoms with E-state index in [4.69, 9.17) is 4.74 Å². The molecule has 2 amide bonds. The van der Waals surface area contributed by atoms with Gasteiger partial charge in [0.1, 0.15) is 5.75 Å². The number of carbonyl (C=O) groups is 2. The van der Waals surface area contributed by atoms with Crippen molar-refractivity contribution in [1.29, 1.82) is 0 Å². The lowest BCUT2D eigenvalue weighted by molar-refractivity contribution is -0.142. The van der Waals surface area contributed by atoms with E-state index in [1.54, 1.807) is 12.0 Å². The molecular formula is C19H29N3O4. The van der Waals surface area contributed by atoms with Crippen LogP contribution in [-0.2, 0) is 4.79 Å². The van der Waals surface area contributed by atoms with Crippen LogP contribution >= 0.6 is 0 Å². The summed E-state index contributed by atoms with van der Waals surface area (Å²) in [7, 11) is 1.65. The van der Waals surface area contributed by atoms with Crippen molar-refractivity contribution in [2.45, 2.75) is 20.3 Å². The Kier molecular flexibility index (Phi) is 7.12. The Labute approximate surface area is 154 Å². The van der Waals surface area contributed by atoms with Crippen LogP contribution in [0.3, 0.4) is 0 Å². The molecule has 1 unspecified atom stereocenters. The van der Waals surface area contributed by atoms with E-state index < -0.39 is 11.9 Å². The van der Waals surface area contributed by atoms with Crippen molar-refractivity contribution in [3.05, 3.63) is 24.3 Å².